The number of β-amino-alcohol motifs (C(OH)–C–C–N with tert-alkyl or cyclic N) is 1. The van der Waals surface area contributed by atoms with E-state index in [4.69, 9.17) is 0 Å². The van der Waals surface area contributed by atoms with E-state index in [1.807, 2.05) is 0 Å². The number of carbonyl (C=O) groups excluding carboxylic acids is 1. The number of alkyl halides is 3. The zero-order valence-corrected chi connectivity index (χ0v) is 11.8. The first-order chi connectivity index (χ1) is 10.8. The lowest BCUT2D eigenvalue weighted by Crippen LogP contribution is -2.36. The topological polar surface area (TPSA) is 99.9 Å². The Hall–Kier alpha value is -2.43. The Morgan fingerprint density at radius 3 is 2.87 bits per heavy atom. The number of aliphatic hydroxyl groups is 1. The van der Waals surface area contributed by atoms with Crippen LogP contribution in [-0.2, 0) is 23.1 Å². The molecule has 1 fully saturated rings. The minimum atomic E-state index is -4.55. The highest BCUT2D eigenvalue weighted by molar-refractivity contribution is 5.76. The zero-order chi connectivity index (χ0) is 16.7. The van der Waals surface area contributed by atoms with Crippen LogP contribution in [0.15, 0.2) is 18.5 Å². The standard InChI is InChI=1S/C12H13F3N6O2/c13-12(14,15)8-1-3-21(18-8)6-10(22)20-4-2-11(23,7-20)9-5-16-19-17-9/h1,3,5,23H,2,4,6-7H2,(H,16,17,19)/t11-/m1/s1. The molecular formula is C12H13F3N6O2. The molecule has 8 nitrogen and oxygen atoms in total. The first kappa shape index (κ1) is 15.5. The van der Waals surface area contributed by atoms with Crippen LogP contribution in [0.2, 0.25) is 0 Å². The van der Waals surface area contributed by atoms with Crippen molar-refractivity contribution in [2.24, 2.45) is 0 Å². The van der Waals surface area contributed by atoms with Gasteiger partial charge in [-0.2, -0.15) is 33.7 Å². The number of likely N-dealkylation sites (tertiary alicyclic amines) is 1. The van der Waals surface area contributed by atoms with E-state index in [1.54, 1.807) is 0 Å². The van der Waals surface area contributed by atoms with Gasteiger partial charge >= 0.3 is 6.18 Å². The summed E-state index contributed by atoms with van der Waals surface area (Å²) >= 11 is 0. The van der Waals surface area contributed by atoms with E-state index in [0.717, 1.165) is 16.9 Å². The van der Waals surface area contributed by atoms with E-state index >= 15 is 0 Å². The maximum absolute atomic E-state index is 12.5. The third kappa shape index (κ3) is 3.04. The van der Waals surface area contributed by atoms with E-state index < -0.39 is 23.4 Å². The normalized spacial score (nSPS) is 21.8. The second-order valence-electron chi connectivity index (χ2n) is 5.35. The van der Waals surface area contributed by atoms with Gasteiger partial charge in [0.05, 0.1) is 12.7 Å². The summed E-state index contributed by atoms with van der Waals surface area (Å²) in [7, 11) is 0. The summed E-state index contributed by atoms with van der Waals surface area (Å²) in [5.41, 5.74) is -2.03. The number of aromatic nitrogens is 5. The minimum absolute atomic E-state index is 0.00572. The summed E-state index contributed by atoms with van der Waals surface area (Å²) in [5.74, 6) is -0.429. The Bertz CT molecular complexity index is 698. The second-order valence-corrected chi connectivity index (χ2v) is 5.35. The number of hydrogen-bond acceptors (Lipinski definition) is 5. The average Bonchev–Trinajstić information content (AvgIpc) is 3.17. The highest BCUT2D eigenvalue weighted by atomic mass is 19.4. The highest BCUT2D eigenvalue weighted by Crippen LogP contribution is 2.30. The van der Waals surface area contributed by atoms with E-state index in [2.05, 4.69) is 20.5 Å². The van der Waals surface area contributed by atoms with E-state index in [9.17, 15) is 23.1 Å². The molecule has 11 heteroatoms. The Morgan fingerprint density at radius 2 is 2.26 bits per heavy atom. The van der Waals surface area contributed by atoms with Gasteiger partial charge in [-0.15, -0.1) is 0 Å². The molecule has 3 rings (SSSR count). The Kier molecular flexibility index (Phi) is 3.59. The average molecular weight is 330 g/mol. The van der Waals surface area contributed by atoms with Gasteiger partial charge < -0.3 is 10.0 Å². The van der Waals surface area contributed by atoms with Crippen LogP contribution in [-0.4, -0.2) is 54.2 Å². The fourth-order valence-electron chi connectivity index (χ4n) is 2.48. The summed E-state index contributed by atoms with van der Waals surface area (Å²) in [4.78, 5) is 13.5. The molecule has 1 aliphatic rings. The van der Waals surface area contributed by atoms with Crippen molar-refractivity contribution in [3.63, 3.8) is 0 Å². The number of nitrogens with zero attached hydrogens (tertiary/aromatic N) is 5. The first-order valence-corrected chi connectivity index (χ1v) is 6.75. The van der Waals surface area contributed by atoms with Crippen LogP contribution >= 0.6 is 0 Å². The van der Waals surface area contributed by atoms with Crippen molar-refractivity contribution in [3.8, 4) is 0 Å². The Morgan fingerprint density at radius 1 is 1.48 bits per heavy atom. The molecular weight excluding hydrogens is 317 g/mol. The summed E-state index contributed by atoms with van der Waals surface area (Å²) in [6, 6.07) is 0.809. The van der Waals surface area contributed by atoms with Crippen molar-refractivity contribution >= 4 is 5.91 Å². The number of H-pyrrole nitrogens is 1. The molecule has 23 heavy (non-hydrogen) atoms. The smallest absolute Gasteiger partial charge is 0.381 e. The van der Waals surface area contributed by atoms with E-state index in [0.29, 0.717) is 5.69 Å². The van der Waals surface area contributed by atoms with Crippen LogP contribution in [0.25, 0.3) is 0 Å². The lowest BCUT2D eigenvalue weighted by Gasteiger charge is -2.21. The van der Waals surface area contributed by atoms with Gasteiger partial charge in [0.25, 0.3) is 0 Å². The van der Waals surface area contributed by atoms with Gasteiger partial charge in [0, 0.05) is 19.2 Å². The van der Waals surface area contributed by atoms with Crippen molar-refractivity contribution in [2.45, 2.75) is 24.7 Å². The van der Waals surface area contributed by atoms with Crippen LogP contribution in [0.3, 0.4) is 0 Å². The van der Waals surface area contributed by atoms with Crippen LogP contribution in [0.5, 0.6) is 0 Å². The maximum atomic E-state index is 12.5. The molecule has 124 valence electrons. The van der Waals surface area contributed by atoms with Gasteiger partial charge in [0.2, 0.25) is 5.91 Å². The van der Waals surface area contributed by atoms with Crippen molar-refractivity contribution in [1.82, 2.24) is 30.1 Å². The minimum Gasteiger partial charge on any atom is -0.381 e. The molecule has 0 unspecified atom stereocenters. The largest absolute Gasteiger partial charge is 0.435 e. The monoisotopic (exact) mass is 330 g/mol. The van der Waals surface area contributed by atoms with Gasteiger partial charge in [0.15, 0.2) is 5.69 Å². The molecule has 0 bridgehead atoms. The van der Waals surface area contributed by atoms with Gasteiger partial charge in [-0.1, -0.05) is 0 Å². The van der Waals surface area contributed by atoms with Crippen molar-refractivity contribution in [2.75, 3.05) is 13.1 Å². The third-order valence-corrected chi connectivity index (χ3v) is 3.72. The third-order valence-electron chi connectivity index (χ3n) is 3.72. The number of halogens is 3. The molecule has 0 radical (unpaired) electrons. The van der Waals surface area contributed by atoms with E-state index in [-0.39, 0.29) is 26.1 Å². The number of nitrogens with one attached hydrogen (secondary N) is 1. The molecule has 1 amide bonds. The molecule has 3 heterocycles. The summed E-state index contributed by atoms with van der Waals surface area (Å²) in [6.45, 7) is -0.0493. The lowest BCUT2D eigenvalue weighted by molar-refractivity contribution is -0.142. The van der Waals surface area contributed by atoms with Gasteiger partial charge in [-0.3, -0.25) is 9.48 Å². The van der Waals surface area contributed by atoms with Crippen LogP contribution in [0, 0.1) is 0 Å². The predicted octanol–water partition coefficient (Wildman–Crippen LogP) is 0.140. The Balaban J connectivity index is 1.65. The van der Waals surface area contributed by atoms with Crippen molar-refractivity contribution in [3.05, 3.63) is 29.8 Å². The van der Waals surface area contributed by atoms with Crippen molar-refractivity contribution in [1.29, 1.82) is 0 Å². The second kappa shape index (κ2) is 5.33. The fraction of sp³-hybridized carbons (Fsp3) is 0.500. The predicted molar refractivity (Wildman–Crippen MR) is 68.7 cm³/mol. The molecule has 1 saturated heterocycles. The van der Waals surface area contributed by atoms with Crippen molar-refractivity contribution < 1.29 is 23.1 Å². The quantitative estimate of drug-likeness (QED) is 0.834. The zero-order valence-electron chi connectivity index (χ0n) is 11.8. The van der Waals surface area contributed by atoms with Crippen LogP contribution in [0.1, 0.15) is 17.8 Å². The van der Waals surface area contributed by atoms with E-state index in [1.165, 1.54) is 11.1 Å². The van der Waals surface area contributed by atoms with Crippen LogP contribution in [0.4, 0.5) is 13.2 Å². The SMILES string of the molecule is O=C(Cn1ccc(C(F)(F)F)n1)N1CC[C@](O)(c2cn[nH]n2)C1. The fourth-order valence-corrected chi connectivity index (χ4v) is 2.48. The molecule has 1 atom stereocenters. The first-order valence-electron chi connectivity index (χ1n) is 6.75. The molecule has 2 aromatic heterocycles. The Labute approximate surface area is 127 Å². The number of carbonyl (C=O) groups is 1. The molecule has 0 saturated carbocycles. The summed E-state index contributed by atoms with van der Waals surface area (Å²) in [5, 5.41) is 23.6. The number of aromatic amines is 1. The lowest BCUT2D eigenvalue weighted by atomic mass is 10.0. The van der Waals surface area contributed by atoms with Gasteiger partial charge in [-0.05, 0) is 6.07 Å². The van der Waals surface area contributed by atoms with Gasteiger partial charge in [0.1, 0.15) is 17.8 Å². The number of amides is 1. The number of rotatable bonds is 3. The molecule has 2 N–H and O–H groups in total. The molecule has 0 spiro atoms. The molecule has 2 aromatic rings. The molecule has 0 aromatic carbocycles. The molecule has 1 aliphatic heterocycles. The number of hydrogen-bond donors (Lipinski definition) is 2. The highest BCUT2D eigenvalue weighted by Gasteiger charge is 2.41. The summed E-state index contributed by atoms with van der Waals surface area (Å²) < 4.78 is 38.4. The summed E-state index contributed by atoms with van der Waals surface area (Å²) in [6.07, 6.45) is -1.80. The van der Waals surface area contributed by atoms with Gasteiger partial charge in [-0.25, -0.2) is 0 Å². The van der Waals surface area contributed by atoms with Crippen LogP contribution < -0.4 is 0 Å². The molecule has 0 aliphatic carbocycles. The maximum Gasteiger partial charge on any atom is 0.435 e.